The van der Waals surface area contributed by atoms with E-state index in [0.717, 1.165) is 21.8 Å². The highest BCUT2D eigenvalue weighted by molar-refractivity contribution is 7.14. The molecule has 3 nitrogen and oxygen atoms in total. The van der Waals surface area contributed by atoms with Crippen molar-refractivity contribution in [2.24, 2.45) is 5.92 Å². The molecular formula is C19H19ClN2OS2. The summed E-state index contributed by atoms with van der Waals surface area (Å²) >= 11 is 9.18. The summed E-state index contributed by atoms with van der Waals surface area (Å²) in [6.07, 6.45) is 0.289. The summed E-state index contributed by atoms with van der Waals surface area (Å²) in [4.78, 5) is 17.1. The average Bonchev–Trinajstić information content (AvgIpc) is 3.24. The molecule has 0 spiro atoms. The van der Waals surface area contributed by atoms with Crippen LogP contribution in [-0.2, 0) is 11.2 Å². The highest BCUT2D eigenvalue weighted by Gasteiger charge is 2.19. The van der Waals surface area contributed by atoms with Gasteiger partial charge < -0.3 is 5.32 Å². The number of hydrogen-bond donors (Lipinski definition) is 1. The van der Waals surface area contributed by atoms with Gasteiger partial charge in [0, 0.05) is 21.3 Å². The van der Waals surface area contributed by atoms with Crippen LogP contribution >= 0.6 is 34.3 Å². The molecule has 0 saturated carbocycles. The Hall–Kier alpha value is -1.69. The number of benzene rings is 1. The van der Waals surface area contributed by atoms with Gasteiger partial charge in [0.2, 0.25) is 5.91 Å². The molecule has 2 heterocycles. The molecule has 0 aliphatic carbocycles. The monoisotopic (exact) mass is 390 g/mol. The van der Waals surface area contributed by atoms with Gasteiger partial charge in [-0.05, 0) is 35.1 Å². The zero-order chi connectivity index (χ0) is 17.8. The SMILES string of the molecule is CC(C)C(NC(=O)Cc1csc(-c2ccsc2)n1)c1ccc(Cl)cc1. The van der Waals surface area contributed by atoms with Gasteiger partial charge in [-0.15, -0.1) is 11.3 Å². The summed E-state index contributed by atoms with van der Waals surface area (Å²) in [6.45, 7) is 4.19. The predicted molar refractivity (Wildman–Crippen MR) is 106 cm³/mol. The minimum atomic E-state index is -0.0419. The Morgan fingerprint density at radius 2 is 1.96 bits per heavy atom. The number of hydrogen-bond acceptors (Lipinski definition) is 4. The topological polar surface area (TPSA) is 42.0 Å². The van der Waals surface area contributed by atoms with Crippen LogP contribution in [0.25, 0.3) is 10.6 Å². The van der Waals surface area contributed by atoms with Gasteiger partial charge in [-0.3, -0.25) is 4.79 Å². The molecule has 2 aromatic heterocycles. The van der Waals surface area contributed by atoms with E-state index in [1.54, 1.807) is 22.7 Å². The number of amides is 1. The lowest BCUT2D eigenvalue weighted by Crippen LogP contribution is -2.32. The number of carbonyl (C=O) groups excluding carboxylic acids is 1. The molecule has 6 heteroatoms. The average molecular weight is 391 g/mol. The minimum absolute atomic E-state index is 0.0178. The number of halogens is 1. The van der Waals surface area contributed by atoms with E-state index in [9.17, 15) is 4.79 Å². The lowest BCUT2D eigenvalue weighted by Gasteiger charge is -2.23. The van der Waals surface area contributed by atoms with Crippen molar-refractivity contribution in [1.82, 2.24) is 10.3 Å². The number of rotatable bonds is 6. The molecule has 1 aromatic carbocycles. The molecule has 0 radical (unpaired) electrons. The molecule has 0 bridgehead atoms. The van der Waals surface area contributed by atoms with Gasteiger partial charge in [0.25, 0.3) is 0 Å². The third-order valence-corrected chi connectivity index (χ3v) is 5.75. The molecule has 0 aliphatic heterocycles. The molecule has 1 amide bonds. The summed E-state index contributed by atoms with van der Waals surface area (Å²) in [7, 11) is 0. The maximum atomic E-state index is 12.5. The van der Waals surface area contributed by atoms with Crippen molar-refractivity contribution in [3.63, 3.8) is 0 Å². The summed E-state index contributed by atoms with van der Waals surface area (Å²) in [6, 6.07) is 9.63. The van der Waals surface area contributed by atoms with Crippen LogP contribution < -0.4 is 5.32 Å². The van der Waals surface area contributed by atoms with Crippen LogP contribution in [0.4, 0.5) is 0 Å². The van der Waals surface area contributed by atoms with Gasteiger partial charge in [-0.1, -0.05) is 37.6 Å². The summed E-state index contributed by atoms with van der Waals surface area (Å²) < 4.78 is 0. The largest absolute Gasteiger partial charge is 0.349 e. The van der Waals surface area contributed by atoms with Crippen molar-refractivity contribution >= 4 is 40.2 Å². The molecule has 1 unspecified atom stereocenters. The number of carbonyl (C=O) groups is 1. The first kappa shape index (κ1) is 18.1. The number of thiophene rings is 1. The van der Waals surface area contributed by atoms with Gasteiger partial charge in [-0.2, -0.15) is 11.3 Å². The Bertz CT molecular complexity index is 825. The fourth-order valence-corrected chi connectivity index (χ4v) is 4.26. The van der Waals surface area contributed by atoms with Gasteiger partial charge >= 0.3 is 0 Å². The first-order valence-electron chi connectivity index (χ1n) is 8.04. The number of nitrogens with zero attached hydrogens (tertiary/aromatic N) is 1. The van der Waals surface area contributed by atoms with Crippen LogP contribution in [0.1, 0.15) is 31.1 Å². The molecule has 1 atom stereocenters. The van der Waals surface area contributed by atoms with Crippen molar-refractivity contribution in [2.45, 2.75) is 26.3 Å². The molecule has 0 aliphatic rings. The summed E-state index contributed by atoms with van der Waals surface area (Å²) in [5.41, 5.74) is 2.98. The molecule has 1 N–H and O–H groups in total. The molecule has 130 valence electrons. The minimum Gasteiger partial charge on any atom is -0.349 e. The Labute approximate surface area is 160 Å². The van der Waals surface area contributed by atoms with Crippen LogP contribution in [0, 0.1) is 5.92 Å². The Kier molecular flexibility index (Phi) is 5.89. The van der Waals surface area contributed by atoms with Gasteiger partial charge in [-0.25, -0.2) is 4.98 Å². The van der Waals surface area contributed by atoms with Crippen molar-refractivity contribution < 1.29 is 4.79 Å². The van der Waals surface area contributed by atoms with E-state index < -0.39 is 0 Å². The second-order valence-corrected chi connectivity index (χ2v) is 8.25. The standard InChI is InChI=1S/C19H19ClN2OS2/c1-12(2)18(13-3-5-15(20)6-4-13)22-17(23)9-16-11-25-19(21-16)14-7-8-24-10-14/h3-8,10-12,18H,9H2,1-2H3,(H,22,23). The molecule has 3 rings (SSSR count). The van der Waals surface area contributed by atoms with Gasteiger partial charge in [0.05, 0.1) is 18.2 Å². The van der Waals surface area contributed by atoms with Crippen LogP contribution in [0.2, 0.25) is 5.02 Å². The highest BCUT2D eigenvalue weighted by atomic mass is 35.5. The van der Waals surface area contributed by atoms with Crippen LogP contribution in [0.15, 0.2) is 46.5 Å². The maximum Gasteiger partial charge on any atom is 0.226 e. The maximum absolute atomic E-state index is 12.5. The third kappa shape index (κ3) is 4.69. The zero-order valence-corrected chi connectivity index (χ0v) is 16.4. The fourth-order valence-electron chi connectivity index (χ4n) is 2.60. The first-order chi connectivity index (χ1) is 12.0. The van der Waals surface area contributed by atoms with Crippen LogP contribution in [-0.4, -0.2) is 10.9 Å². The Morgan fingerprint density at radius 3 is 2.60 bits per heavy atom. The molecule has 0 fully saturated rings. The van der Waals surface area contributed by atoms with Crippen LogP contribution in [0.5, 0.6) is 0 Å². The van der Waals surface area contributed by atoms with Crippen molar-refractivity contribution in [3.8, 4) is 10.6 Å². The van der Waals surface area contributed by atoms with E-state index in [0.29, 0.717) is 5.02 Å². The van der Waals surface area contributed by atoms with E-state index in [1.807, 2.05) is 41.1 Å². The number of thiazole rings is 1. The van der Waals surface area contributed by atoms with Crippen LogP contribution in [0.3, 0.4) is 0 Å². The molecule has 25 heavy (non-hydrogen) atoms. The lowest BCUT2D eigenvalue weighted by atomic mass is 9.96. The second kappa shape index (κ2) is 8.13. The lowest BCUT2D eigenvalue weighted by molar-refractivity contribution is -0.121. The van der Waals surface area contributed by atoms with E-state index in [2.05, 4.69) is 29.5 Å². The fraction of sp³-hybridized carbons (Fsp3) is 0.263. The van der Waals surface area contributed by atoms with E-state index in [-0.39, 0.29) is 24.3 Å². The van der Waals surface area contributed by atoms with Gasteiger partial charge in [0.1, 0.15) is 5.01 Å². The summed E-state index contributed by atoms with van der Waals surface area (Å²) in [5, 5.41) is 10.8. The second-order valence-electron chi connectivity index (χ2n) is 6.17. The van der Waals surface area contributed by atoms with E-state index in [1.165, 1.54) is 0 Å². The Balaban J connectivity index is 1.67. The number of nitrogens with one attached hydrogen (secondary N) is 1. The van der Waals surface area contributed by atoms with Gasteiger partial charge in [0.15, 0.2) is 0 Å². The van der Waals surface area contributed by atoms with E-state index >= 15 is 0 Å². The predicted octanol–water partition coefficient (Wildman–Crippen LogP) is 5.58. The molecule has 0 saturated heterocycles. The first-order valence-corrected chi connectivity index (χ1v) is 10.2. The summed E-state index contributed by atoms with van der Waals surface area (Å²) in [5.74, 6) is 0.262. The smallest absolute Gasteiger partial charge is 0.226 e. The molecular weight excluding hydrogens is 372 g/mol. The molecule has 3 aromatic rings. The van der Waals surface area contributed by atoms with Crippen molar-refractivity contribution in [3.05, 3.63) is 62.8 Å². The Morgan fingerprint density at radius 1 is 1.20 bits per heavy atom. The highest BCUT2D eigenvalue weighted by Crippen LogP contribution is 2.26. The van der Waals surface area contributed by atoms with Crippen molar-refractivity contribution in [1.29, 1.82) is 0 Å². The van der Waals surface area contributed by atoms with E-state index in [4.69, 9.17) is 11.6 Å². The quantitative estimate of drug-likeness (QED) is 0.596. The third-order valence-electron chi connectivity index (χ3n) is 3.87. The number of aromatic nitrogens is 1. The normalized spacial score (nSPS) is 12.3. The van der Waals surface area contributed by atoms with Crippen molar-refractivity contribution in [2.75, 3.05) is 0 Å². The zero-order valence-electron chi connectivity index (χ0n) is 14.0.